The van der Waals surface area contributed by atoms with Crippen LogP contribution in [0.15, 0.2) is 27.6 Å². The first-order valence-corrected chi connectivity index (χ1v) is 5.90. The molecule has 0 spiro atoms. The molecule has 1 aromatic rings. The van der Waals surface area contributed by atoms with Crippen molar-refractivity contribution < 1.29 is 9.90 Å². The molecular formula is C9H10BrNO2S. The van der Waals surface area contributed by atoms with Gasteiger partial charge in [0.25, 0.3) is 0 Å². The molecule has 0 bridgehead atoms. The van der Waals surface area contributed by atoms with Crippen LogP contribution in [0.5, 0.6) is 0 Å². The van der Waals surface area contributed by atoms with Gasteiger partial charge in [-0.1, -0.05) is 22.0 Å². The largest absolute Gasteiger partial charge is 0.480 e. The molecule has 1 atom stereocenters. The monoisotopic (exact) mass is 275 g/mol. The van der Waals surface area contributed by atoms with E-state index in [4.69, 9.17) is 10.8 Å². The minimum atomic E-state index is -1.02. The number of carboxylic acid groups (broad SMARTS) is 1. The lowest BCUT2D eigenvalue weighted by molar-refractivity contribution is -0.138. The molecule has 14 heavy (non-hydrogen) atoms. The first kappa shape index (κ1) is 11.6. The van der Waals surface area contributed by atoms with Gasteiger partial charge in [-0.2, -0.15) is 0 Å². The summed E-state index contributed by atoms with van der Waals surface area (Å²) in [6.45, 7) is 0. The van der Waals surface area contributed by atoms with Crippen LogP contribution in [0.1, 0.15) is 11.6 Å². The summed E-state index contributed by atoms with van der Waals surface area (Å²) in [5.41, 5.74) is 6.20. The third kappa shape index (κ3) is 2.29. The molecule has 0 fully saturated rings. The molecule has 0 radical (unpaired) electrons. The Kier molecular flexibility index (Phi) is 3.97. The Balaban J connectivity index is 3.23. The van der Waals surface area contributed by atoms with E-state index in [1.54, 1.807) is 6.07 Å². The van der Waals surface area contributed by atoms with Gasteiger partial charge in [0.1, 0.15) is 6.04 Å². The number of nitrogens with two attached hydrogens (primary N) is 1. The summed E-state index contributed by atoms with van der Waals surface area (Å²) in [6, 6.07) is 4.52. The molecule has 0 aromatic heterocycles. The fraction of sp³-hybridized carbons (Fsp3) is 0.222. The summed E-state index contributed by atoms with van der Waals surface area (Å²) in [6.07, 6.45) is 1.89. The molecule has 0 amide bonds. The summed E-state index contributed by atoms with van der Waals surface area (Å²) in [7, 11) is 0. The zero-order valence-corrected chi connectivity index (χ0v) is 9.93. The predicted octanol–water partition coefficient (Wildman–Crippen LogP) is 2.26. The third-order valence-electron chi connectivity index (χ3n) is 1.81. The van der Waals surface area contributed by atoms with Crippen LogP contribution in [0.3, 0.4) is 0 Å². The van der Waals surface area contributed by atoms with Crippen LogP contribution in [0.25, 0.3) is 0 Å². The van der Waals surface area contributed by atoms with E-state index in [1.165, 1.54) is 11.8 Å². The number of carboxylic acids is 1. The third-order valence-corrected chi connectivity index (χ3v) is 3.30. The van der Waals surface area contributed by atoms with E-state index in [-0.39, 0.29) is 0 Å². The summed E-state index contributed by atoms with van der Waals surface area (Å²) >= 11 is 4.78. The average Bonchev–Trinajstić information content (AvgIpc) is 2.16. The number of hydrogen-bond acceptors (Lipinski definition) is 3. The van der Waals surface area contributed by atoms with E-state index in [9.17, 15) is 4.79 Å². The highest BCUT2D eigenvalue weighted by Gasteiger charge is 2.20. The normalized spacial score (nSPS) is 12.5. The van der Waals surface area contributed by atoms with Gasteiger partial charge in [-0.05, 0) is 18.4 Å². The highest BCUT2D eigenvalue weighted by atomic mass is 79.9. The summed E-state index contributed by atoms with van der Waals surface area (Å²) in [5.74, 6) is -1.02. The summed E-state index contributed by atoms with van der Waals surface area (Å²) < 4.78 is 0.735. The Morgan fingerprint density at radius 1 is 1.64 bits per heavy atom. The molecule has 1 unspecified atom stereocenters. The molecule has 0 aliphatic carbocycles. The molecular weight excluding hydrogens is 266 g/mol. The van der Waals surface area contributed by atoms with Crippen LogP contribution in [0, 0.1) is 0 Å². The van der Waals surface area contributed by atoms with Crippen LogP contribution < -0.4 is 5.73 Å². The molecule has 1 rings (SSSR count). The van der Waals surface area contributed by atoms with Gasteiger partial charge in [0.2, 0.25) is 0 Å². The van der Waals surface area contributed by atoms with Gasteiger partial charge in [-0.25, -0.2) is 0 Å². The lowest BCUT2D eigenvalue weighted by Crippen LogP contribution is -2.21. The maximum absolute atomic E-state index is 10.8. The molecule has 1 aromatic carbocycles. The molecule has 76 valence electrons. The molecule has 5 heteroatoms. The Morgan fingerprint density at radius 2 is 2.29 bits per heavy atom. The maximum Gasteiger partial charge on any atom is 0.325 e. The quantitative estimate of drug-likeness (QED) is 0.831. The van der Waals surface area contributed by atoms with Crippen LogP contribution >= 0.6 is 27.7 Å². The van der Waals surface area contributed by atoms with Crippen molar-refractivity contribution in [1.29, 1.82) is 0 Å². The first-order valence-electron chi connectivity index (χ1n) is 3.88. The zero-order chi connectivity index (χ0) is 10.7. The van der Waals surface area contributed by atoms with Crippen LogP contribution in [0.4, 0.5) is 0 Å². The Morgan fingerprint density at radius 3 is 2.79 bits per heavy atom. The zero-order valence-electron chi connectivity index (χ0n) is 7.53. The number of aliphatic carboxylic acids is 1. The van der Waals surface area contributed by atoms with Gasteiger partial charge in [-0.15, -0.1) is 11.8 Å². The second kappa shape index (κ2) is 4.82. The second-order valence-corrected chi connectivity index (χ2v) is 4.37. The fourth-order valence-corrected chi connectivity index (χ4v) is 2.54. The second-order valence-electron chi connectivity index (χ2n) is 2.67. The molecule has 0 saturated carbocycles. The standard InChI is InChI=1S/C9H10BrNO2S/c1-14-6-4-2-3-5(10)7(6)8(11)9(12)13/h2-4,8H,11H2,1H3,(H,12,13). The van der Waals surface area contributed by atoms with Crippen molar-refractivity contribution in [3.8, 4) is 0 Å². The lowest BCUT2D eigenvalue weighted by atomic mass is 10.1. The number of halogens is 1. The molecule has 0 saturated heterocycles. The van der Waals surface area contributed by atoms with Crippen molar-refractivity contribution in [2.24, 2.45) is 5.73 Å². The molecule has 0 aliphatic rings. The van der Waals surface area contributed by atoms with E-state index in [0.29, 0.717) is 5.56 Å². The molecule has 3 N–H and O–H groups in total. The molecule has 0 heterocycles. The minimum absolute atomic E-state index is 0.632. The topological polar surface area (TPSA) is 63.3 Å². The van der Waals surface area contributed by atoms with Gasteiger partial charge in [0.05, 0.1) is 0 Å². The van der Waals surface area contributed by atoms with Crippen molar-refractivity contribution in [1.82, 2.24) is 0 Å². The van der Waals surface area contributed by atoms with E-state index in [0.717, 1.165) is 9.37 Å². The SMILES string of the molecule is CSc1cccc(Br)c1C(N)C(=O)O. The predicted molar refractivity (Wildman–Crippen MR) is 60.5 cm³/mol. The minimum Gasteiger partial charge on any atom is -0.480 e. The van der Waals surface area contributed by atoms with Gasteiger partial charge < -0.3 is 10.8 Å². The summed E-state index contributed by atoms with van der Waals surface area (Å²) in [4.78, 5) is 11.6. The first-order chi connectivity index (χ1) is 6.57. The molecule has 0 aliphatic heterocycles. The van der Waals surface area contributed by atoms with Gasteiger partial charge in [-0.3, -0.25) is 4.79 Å². The van der Waals surface area contributed by atoms with Gasteiger partial charge >= 0.3 is 5.97 Å². The van der Waals surface area contributed by atoms with Crippen LogP contribution in [0.2, 0.25) is 0 Å². The van der Waals surface area contributed by atoms with E-state index < -0.39 is 12.0 Å². The Hall–Kier alpha value is -0.520. The van der Waals surface area contributed by atoms with Crippen molar-refractivity contribution in [2.75, 3.05) is 6.26 Å². The average molecular weight is 276 g/mol. The number of thioether (sulfide) groups is 1. The van der Waals surface area contributed by atoms with E-state index >= 15 is 0 Å². The van der Waals surface area contributed by atoms with Crippen LogP contribution in [-0.2, 0) is 4.79 Å². The highest BCUT2D eigenvalue weighted by molar-refractivity contribution is 9.10. The number of carbonyl (C=O) groups is 1. The molecule has 3 nitrogen and oxygen atoms in total. The summed E-state index contributed by atoms with van der Waals surface area (Å²) in [5, 5.41) is 8.82. The van der Waals surface area contributed by atoms with Crippen molar-refractivity contribution in [3.63, 3.8) is 0 Å². The Bertz CT molecular complexity index is 357. The maximum atomic E-state index is 10.8. The number of rotatable bonds is 3. The van der Waals surface area contributed by atoms with E-state index in [2.05, 4.69) is 15.9 Å². The number of hydrogen-bond donors (Lipinski definition) is 2. The highest BCUT2D eigenvalue weighted by Crippen LogP contribution is 2.31. The lowest BCUT2D eigenvalue weighted by Gasteiger charge is -2.13. The van der Waals surface area contributed by atoms with Crippen LogP contribution in [-0.4, -0.2) is 17.3 Å². The van der Waals surface area contributed by atoms with Crippen molar-refractivity contribution in [3.05, 3.63) is 28.2 Å². The Labute approximate surface area is 94.8 Å². The van der Waals surface area contributed by atoms with E-state index in [1.807, 2.05) is 18.4 Å². The van der Waals surface area contributed by atoms with Gasteiger partial charge in [0.15, 0.2) is 0 Å². The van der Waals surface area contributed by atoms with Crippen molar-refractivity contribution >= 4 is 33.7 Å². The number of benzene rings is 1. The fourth-order valence-electron chi connectivity index (χ4n) is 1.12. The smallest absolute Gasteiger partial charge is 0.325 e. The van der Waals surface area contributed by atoms with Gasteiger partial charge in [0, 0.05) is 14.9 Å². The van der Waals surface area contributed by atoms with Crippen molar-refractivity contribution in [2.45, 2.75) is 10.9 Å².